The zero-order valence-corrected chi connectivity index (χ0v) is 25.9. The predicted molar refractivity (Wildman–Crippen MR) is 159 cm³/mol. The van der Waals surface area contributed by atoms with E-state index in [1.54, 1.807) is 0 Å². The number of carboxylic acid groups (broad SMARTS) is 5. The molecule has 3 amide bonds. The lowest BCUT2D eigenvalue weighted by atomic mass is 10.1. The Morgan fingerprint density at radius 2 is 1.09 bits per heavy atom. The molecule has 0 aromatic rings. The van der Waals surface area contributed by atoms with E-state index in [2.05, 4.69) is 21.3 Å². The number of Topliss-reactive ketones (excluding diaryl/α,β-unsaturated/α-hetero) is 1. The Bertz CT molecular complexity index is 1030. The highest BCUT2D eigenvalue weighted by atomic mass is 16.4. The molecular weight excluding hydrogens is 616 g/mol. The summed E-state index contributed by atoms with van der Waals surface area (Å²) in [5, 5.41) is 55.4. The van der Waals surface area contributed by atoms with E-state index in [0.717, 1.165) is 12.8 Å². The van der Waals surface area contributed by atoms with Crippen LogP contribution in [0.5, 0.6) is 0 Å². The van der Waals surface area contributed by atoms with Crippen LogP contribution < -0.4 is 21.3 Å². The van der Waals surface area contributed by atoms with Gasteiger partial charge in [-0.25, -0.2) is 14.4 Å². The van der Waals surface area contributed by atoms with Crippen molar-refractivity contribution in [2.75, 3.05) is 58.9 Å². The van der Waals surface area contributed by atoms with Gasteiger partial charge in [0.1, 0.15) is 17.9 Å². The number of nitrogens with zero attached hydrogens (tertiary/aromatic N) is 2. The number of ketones is 1. The number of carboxylic acids is 5. The van der Waals surface area contributed by atoms with E-state index in [1.807, 2.05) is 0 Å². The third kappa shape index (κ3) is 23.1. The predicted octanol–water partition coefficient (Wildman–Crippen LogP) is -1.92. The van der Waals surface area contributed by atoms with Crippen molar-refractivity contribution in [2.45, 2.75) is 64.0 Å². The molecule has 0 aliphatic carbocycles. The van der Waals surface area contributed by atoms with Gasteiger partial charge < -0.3 is 46.8 Å². The minimum atomic E-state index is -1.49. The molecule has 0 aromatic carbocycles. The van der Waals surface area contributed by atoms with Gasteiger partial charge in [0.25, 0.3) is 0 Å². The largest absolute Gasteiger partial charge is 0.481 e. The quantitative estimate of drug-likeness (QED) is 0.0412. The maximum atomic E-state index is 12.3. The normalized spacial score (nSPS) is 12.2. The maximum absolute atomic E-state index is 12.3. The lowest BCUT2D eigenvalue weighted by Gasteiger charge is -2.24. The van der Waals surface area contributed by atoms with E-state index in [4.69, 9.17) is 20.4 Å². The number of hydrogen-bond acceptors (Lipinski definition) is 11. The first-order chi connectivity index (χ1) is 21.6. The van der Waals surface area contributed by atoms with E-state index in [-0.39, 0.29) is 44.8 Å². The molecule has 19 nitrogen and oxygen atoms in total. The smallest absolute Gasteiger partial charge is 0.326 e. The summed E-state index contributed by atoms with van der Waals surface area (Å²) in [4.78, 5) is 93.9. The number of amides is 3. The first kappa shape index (κ1) is 41.6. The summed E-state index contributed by atoms with van der Waals surface area (Å²) in [7, 11) is 0. The minimum absolute atomic E-state index is 0.0574. The topological polar surface area (TPSA) is 292 Å². The summed E-state index contributed by atoms with van der Waals surface area (Å²) in [6.07, 6.45) is 1.71. The maximum Gasteiger partial charge on any atom is 0.326 e. The van der Waals surface area contributed by atoms with Gasteiger partial charge in [-0.2, -0.15) is 0 Å². The van der Waals surface area contributed by atoms with Gasteiger partial charge in [-0.05, 0) is 52.1 Å². The van der Waals surface area contributed by atoms with E-state index in [1.165, 1.54) is 16.7 Å². The second-order valence-corrected chi connectivity index (χ2v) is 10.5. The molecule has 0 fully saturated rings. The van der Waals surface area contributed by atoms with Crippen molar-refractivity contribution in [3.8, 4) is 0 Å². The molecule has 0 heterocycles. The van der Waals surface area contributed by atoms with Crippen molar-refractivity contribution in [3.05, 3.63) is 0 Å². The number of aliphatic carboxylic acids is 5. The van der Waals surface area contributed by atoms with Crippen LogP contribution in [0.25, 0.3) is 0 Å². The fourth-order valence-electron chi connectivity index (χ4n) is 4.14. The fraction of sp³-hybridized carbons (Fsp3) is 0.704. The molecule has 0 spiro atoms. The third-order valence-electron chi connectivity index (χ3n) is 6.32. The Morgan fingerprint density at radius 1 is 0.587 bits per heavy atom. The van der Waals surface area contributed by atoms with Gasteiger partial charge in [0, 0.05) is 26.1 Å². The van der Waals surface area contributed by atoms with E-state index < -0.39 is 73.4 Å². The van der Waals surface area contributed by atoms with Gasteiger partial charge >= 0.3 is 35.9 Å². The number of rotatable bonds is 28. The lowest BCUT2D eigenvalue weighted by Crippen LogP contribution is -2.51. The van der Waals surface area contributed by atoms with Crippen LogP contribution in [0, 0.1) is 0 Å². The molecule has 0 rings (SSSR count). The molecular formula is C27H46N6O13. The van der Waals surface area contributed by atoms with Crippen LogP contribution in [-0.2, 0) is 33.6 Å². The van der Waals surface area contributed by atoms with Crippen LogP contribution in [0.1, 0.15) is 51.9 Å². The molecule has 0 aliphatic heterocycles. The molecule has 0 saturated heterocycles. The summed E-state index contributed by atoms with van der Waals surface area (Å²) < 4.78 is 0. The molecule has 2 atom stereocenters. The summed E-state index contributed by atoms with van der Waals surface area (Å²) in [6, 6.07) is -3.80. The molecule has 0 bridgehead atoms. The summed E-state index contributed by atoms with van der Waals surface area (Å²) in [5.74, 6) is -6.93. The first-order valence-electron chi connectivity index (χ1n) is 14.7. The van der Waals surface area contributed by atoms with Gasteiger partial charge in [-0.15, -0.1) is 0 Å². The number of urea groups is 1. The average Bonchev–Trinajstić information content (AvgIpc) is 2.92. The van der Waals surface area contributed by atoms with Crippen LogP contribution in [0.2, 0.25) is 0 Å². The van der Waals surface area contributed by atoms with Gasteiger partial charge in [-0.1, -0.05) is 6.42 Å². The SMILES string of the molecule is CC(=O)CN(CCN(CC(=O)O)CC(=O)NCCCCCNCCCC(NC(=O)NC(CCC(=O)O)C(=O)O)C(=O)O)CC(=O)O. The highest BCUT2D eigenvalue weighted by Crippen LogP contribution is 2.01. The summed E-state index contributed by atoms with van der Waals surface area (Å²) in [6.45, 7) is 1.71. The molecule has 0 aromatic heterocycles. The monoisotopic (exact) mass is 662 g/mol. The van der Waals surface area contributed by atoms with Gasteiger partial charge in [-0.3, -0.25) is 33.8 Å². The van der Waals surface area contributed by atoms with Crippen molar-refractivity contribution < 1.29 is 63.9 Å². The van der Waals surface area contributed by atoms with Crippen molar-refractivity contribution >= 4 is 47.6 Å². The zero-order valence-electron chi connectivity index (χ0n) is 25.9. The molecule has 0 radical (unpaired) electrons. The Balaban J connectivity index is 4.29. The summed E-state index contributed by atoms with van der Waals surface area (Å²) in [5.41, 5.74) is 0. The van der Waals surface area contributed by atoms with Crippen molar-refractivity contribution in [3.63, 3.8) is 0 Å². The Morgan fingerprint density at radius 3 is 1.59 bits per heavy atom. The van der Waals surface area contributed by atoms with E-state index >= 15 is 0 Å². The third-order valence-corrected chi connectivity index (χ3v) is 6.32. The lowest BCUT2D eigenvalue weighted by molar-refractivity contribution is -0.141. The highest BCUT2D eigenvalue weighted by Gasteiger charge is 2.25. The van der Waals surface area contributed by atoms with Crippen molar-refractivity contribution in [2.24, 2.45) is 0 Å². The molecule has 2 unspecified atom stereocenters. The number of carbonyl (C=O) groups is 8. The van der Waals surface area contributed by atoms with Crippen LogP contribution in [0.3, 0.4) is 0 Å². The van der Waals surface area contributed by atoms with Crippen molar-refractivity contribution in [1.29, 1.82) is 0 Å². The number of unbranched alkanes of at least 4 members (excludes halogenated alkanes) is 2. The molecule has 19 heteroatoms. The van der Waals surface area contributed by atoms with Crippen LogP contribution in [-0.4, -0.2) is 154 Å². The molecule has 0 saturated carbocycles. The van der Waals surface area contributed by atoms with E-state index in [9.17, 15) is 43.5 Å². The first-order valence-corrected chi connectivity index (χ1v) is 14.7. The minimum Gasteiger partial charge on any atom is -0.481 e. The number of carbonyl (C=O) groups excluding carboxylic acids is 3. The summed E-state index contributed by atoms with van der Waals surface area (Å²) >= 11 is 0. The van der Waals surface area contributed by atoms with Crippen molar-refractivity contribution in [1.82, 2.24) is 31.1 Å². The molecule has 46 heavy (non-hydrogen) atoms. The second-order valence-electron chi connectivity index (χ2n) is 10.5. The fourth-order valence-corrected chi connectivity index (χ4v) is 4.14. The Kier molecular flexibility index (Phi) is 21.7. The van der Waals surface area contributed by atoms with Gasteiger partial charge in [0.2, 0.25) is 5.91 Å². The average molecular weight is 663 g/mol. The zero-order chi connectivity index (χ0) is 35.1. The second kappa shape index (κ2) is 23.9. The number of hydrogen-bond donors (Lipinski definition) is 9. The molecule has 0 aliphatic rings. The van der Waals surface area contributed by atoms with E-state index in [0.29, 0.717) is 32.5 Å². The van der Waals surface area contributed by atoms with Crippen LogP contribution in [0.15, 0.2) is 0 Å². The molecule has 262 valence electrons. The molecule has 9 N–H and O–H groups in total. The van der Waals surface area contributed by atoms with Gasteiger partial charge in [0.05, 0.1) is 26.2 Å². The Labute approximate surface area is 265 Å². The Hall–Kier alpha value is -4.36. The standard InChI is InChI=1S/C27H46N6O13/c1-18(34)14-32(16-23(38)39)12-13-33(17-24(40)41)15-21(35)29-11-4-2-3-9-28-10-5-6-19(25(42)43)30-27(46)31-20(26(44)45)7-8-22(36)37/h19-20,28H,2-17H2,1H3,(H,29,35)(H,36,37)(H,38,39)(H,40,41)(H,42,43)(H,44,45)(H2,30,31,46). The van der Waals surface area contributed by atoms with Crippen LogP contribution in [0.4, 0.5) is 4.79 Å². The highest BCUT2D eigenvalue weighted by molar-refractivity contribution is 5.86. The number of nitrogens with one attached hydrogen (secondary N) is 4. The van der Waals surface area contributed by atoms with Crippen LogP contribution >= 0.6 is 0 Å². The van der Waals surface area contributed by atoms with Gasteiger partial charge in [0.15, 0.2) is 0 Å².